The van der Waals surface area contributed by atoms with Crippen LogP contribution in [-0.4, -0.2) is 17.1 Å². The van der Waals surface area contributed by atoms with Crippen LogP contribution in [0.3, 0.4) is 0 Å². The Kier molecular flexibility index (Phi) is 5.46. The van der Waals surface area contributed by atoms with Crippen LogP contribution in [0.1, 0.15) is 5.56 Å². The highest BCUT2D eigenvalue weighted by Crippen LogP contribution is 2.37. The molecule has 3 rings (SSSR count). The lowest BCUT2D eigenvalue weighted by molar-refractivity contribution is -0.137. The molecule has 146 valence electrons. The Labute approximate surface area is 163 Å². The van der Waals surface area contributed by atoms with E-state index in [4.69, 9.17) is 22.1 Å². The molecule has 6 nitrogen and oxygen atoms in total. The van der Waals surface area contributed by atoms with Crippen LogP contribution in [0.5, 0.6) is 5.75 Å². The van der Waals surface area contributed by atoms with Gasteiger partial charge in [0.1, 0.15) is 17.8 Å². The van der Waals surface area contributed by atoms with Crippen LogP contribution in [-0.2, 0) is 6.18 Å². The fourth-order valence-electron chi connectivity index (χ4n) is 2.43. The molecular formula is C18H15ClF3N5O. The van der Waals surface area contributed by atoms with E-state index in [-0.39, 0.29) is 23.0 Å². The lowest BCUT2D eigenvalue weighted by Gasteiger charge is -2.15. The van der Waals surface area contributed by atoms with Crippen molar-refractivity contribution in [1.29, 1.82) is 0 Å². The largest absolute Gasteiger partial charge is 0.495 e. The second kappa shape index (κ2) is 7.81. The number of nitrogen functional groups attached to an aromatic ring is 1. The van der Waals surface area contributed by atoms with Crippen LogP contribution < -0.4 is 21.1 Å². The minimum Gasteiger partial charge on any atom is -0.495 e. The fraction of sp³-hybridized carbons (Fsp3) is 0.111. The standard InChI is InChI=1S/C18H15ClF3N5O/c1-28-14-5-3-2-4-13(14)27-17-15(23)16(24-9-25-17)26-10-6-7-12(19)11(8-10)18(20,21)22/h2-9H,23H2,1H3,(H2,24,25,26,27). The highest BCUT2D eigenvalue weighted by atomic mass is 35.5. The summed E-state index contributed by atoms with van der Waals surface area (Å²) >= 11 is 5.64. The van der Waals surface area contributed by atoms with Gasteiger partial charge in [-0.3, -0.25) is 0 Å². The average molecular weight is 410 g/mol. The number of rotatable bonds is 5. The highest BCUT2D eigenvalue weighted by molar-refractivity contribution is 6.31. The van der Waals surface area contributed by atoms with Gasteiger partial charge in [-0.15, -0.1) is 0 Å². The zero-order valence-corrected chi connectivity index (χ0v) is 15.3. The third kappa shape index (κ3) is 4.20. The van der Waals surface area contributed by atoms with E-state index in [1.807, 2.05) is 0 Å². The summed E-state index contributed by atoms with van der Waals surface area (Å²) in [5.41, 5.74) is 6.00. The molecule has 0 saturated heterocycles. The van der Waals surface area contributed by atoms with E-state index >= 15 is 0 Å². The quantitative estimate of drug-likeness (QED) is 0.535. The zero-order chi connectivity index (χ0) is 20.3. The van der Waals surface area contributed by atoms with Gasteiger partial charge in [0.2, 0.25) is 0 Å². The smallest absolute Gasteiger partial charge is 0.417 e. The Morgan fingerprint density at radius 3 is 2.39 bits per heavy atom. The number of nitrogens with zero attached hydrogens (tertiary/aromatic N) is 2. The number of alkyl halides is 3. The van der Waals surface area contributed by atoms with Crippen molar-refractivity contribution in [2.24, 2.45) is 0 Å². The molecule has 4 N–H and O–H groups in total. The van der Waals surface area contributed by atoms with E-state index < -0.39 is 16.8 Å². The first kappa shape index (κ1) is 19.6. The molecule has 1 aromatic heterocycles. The SMILES string of the molecule is COc1ccccc1Nc1ncnc(Nc2ccc(Cl)c(C(F)(F)F)c2)c1N. The molecule has 0 saturated carbocycles. The molecule has 10 heteroatoms. The molecule has 0 bridgehead atoms. The van der Waals surface area contributed by atoms with Crippen LogP contribution in [0.15, 0.2) is 48.8 Å². The third-order valence-corrected chi connectivity index (χ3v) is 4.11. The summed E-state index contributed by atoms with van der Waals surface area (Å²) in [7, 11) is 1.52. The second-order valence-corrected chi connectivity index (χ2v) is 6.03. The van der Waals surface area contributed by atoms with Gasteiger partial charge < -0.3 is 21.1 Å². The number of methoxy groups -OCH3 is 1. The average Bonchev–Trinajstić information content (AvgIpc) is 2.66. The first-order valence-electron chi connectivity index (χ1n) is 7.94. The maximum absolute atomic E-state index is 13.0. The zero-order valence-electron chi connectivity index (χ0n) is 14.5. The summed E-state index contributed by atoms with van der Waals surface area (Å²) < 4.78 is 44.4. The lowest BCUT2D eigenvalue weighted by atomic mass is 10.2. The summed E-state index contributed by atoms with van der Waals surface area (Å²) in [5, 5.41) is 5.39. The predicted molar refractivity (Wildman–Crippen MR) is 102 cm³/mol. The number of benzene rings is 2. The number of para-hydroxylation sites is 2. The van der Waals surface area contributed by atoms with Crippen molar-refractivity contribution in [2.75, 3.05) is 23.5 Å². The van der Waals surface area contributed by atoms with Crippen molar-refractivity contribution in [3.05, 3.63) is 59.4 Å². The van der Waals surface area contributed by atoms with Crippen molar-refractivity contribution >= 4 is 40.3 Å². The van der Waals surface area contributed by atoms with Gasteiger partial charge in [0.15, 0.2) is 11.6 Å². The van der Waals surface area contributed by atoms with Gasteiger partial charge in [0.25, 0.3) is 0 Å². The molecule has 0 amide bonds. The van der Waals surface area contributed by atoms with Crippen LogP contribution >= 0.6 is 11.6 Å². The molecule has 0 unspecified atom stereocenters. The van der Waals surface area contributed by atoms with Crippen molar-refractivity contribution in [2.45, 2.75) is 6.18 Å². The molecule has 1 heterocycles. The first-order valence-corrected chi connectivity index (χ1v) is 8.31. The summed E-state index contributed by atoms with van der Waals surface area (Å²) in [6.07, 6.45) is -3.35. The molecule has 2 aromatic carbocycles. The van der Waals surface area contributed by atoms with Gasteiger partial charge in [-0.2, -0.15) is 13.2 Å². The van der Waals surface area contributed by atoms with Gasteiger partial charge >= 0.3 is 6.18 Å². The molecule has 0 radical (unpaired) electrons. The minimum atomic E-state index is -4.58. The molecule has 3 aromatic rings. The van der Waals surface area contributed by atoms with Gasteiger partial charge in [-0.1, -0.05) is 23.7 Å². The summed E-state index contributed by atoms with van der Waals surface area (Å²) in [6, 6.07) is 10.6. The topological polar surface area (TPSA) is 85.1 Å². The summed E-state index contributed by atoms with van der Waals surface area (Å²) in [5.74, 6) is 0.984. The summed E-state index contributed by atoms with van der Waals surface area (Å²) in [6.45, 7) is 0. The number of anilines is 5. The van der Waals surface area contributed by atoms with Crippen molar-refractivity contribution < 1.29 is 17.9 Å². The van der Waals surface area contributed by atoms with Crippen molar-refractivity contribution in [1.82, 2.24) is 9.97 Å². The van der Waals surface area contributed by atoms with Gasteiger partial charge in [-0.05, 0) is 30.3 Å². The van der Waals surface area contributed by atoms with Gasteiger partial charge in [0, 0.05) is 5.69 Å². The van der Waals surface area contributed by atoms with Crippen LogP contribution in [0.4, 0.5) is 41.9 Å². The molecule has 28 heavy (non-hydrogen) atoms. The Morgan fingerprint density at radius 1 is 1.04 bits per heavy atom. The monoisotopic (exact) mass is 409 g/mol. The van der Waals surface area contributed by atoms with E-state index in [9.17, 15) is 13.2 Å². The van der Waals surface area contributed by atoms with Crippen LogP contribution in [0, 0.1) is 0 Å². The molecule has 0 spiro atoms. The second-order valence-electron chi connectivity index (χ2n) is 5.63. The normalized spacial score (nSPS) is 11.2. The number of hydrogen-bond acceptors (Lipinski definition) is 6. The Hall–Kier alpha value is -3.20. The minimum absolute atomic E-state index is 0.122. The van der Waals surface area contributed by atoms with E-state index in [0.717, 1.165) is 12.1 Å². The molecule has 0 aliphatic heterocycles. The van der Waals surface area contributed by atoms with E-state index in [1.165, 1.54) is 19.5 Å². The maximum atomic E-state index is 13.0. The van der Waals surface area contributed by atoms with Gasteiger partial charge in [0.05, 0.1) is 23.4 Å². The Bertz CT molecular complexity index is 997. The van der Waals surface area contributed by atoms with Crippen LogP contribution in [0.2, 0.25) is 5.02 Å². The fourth-order valence-corrected chi connectivity index (χ4v) is 2.65. The van der Waals surface area contributed by atoms with Crippen molar-refractivity contribution in [3.63, 3.8) is 0 Å². The molecule has 0 fully saturated rings. The molecular weight excluding hydrogens is 395 g/mol. The van der Waals surface area contributed by atoms with E-state index in [0.29, 0.717) is 11.4 Å². The molecule has 0 aliphatic rings. The van der Waals surface area contributed by atoms with Crippen LogP contribution in [0.25, 0.3) is 0 Å². The number of aromatic nitrogens is 2. The number of nitrogens with two attached hydrogens (primary N) is 1. The highest BCUT2D eigenvalue weighted by Gasteiger charge is 2.33. The number of ether oxygens (including phenoxy) is 1. The predicted octanol–water partition coefficient (Wildman–Crippen LogP) is 5.23. The number of halogens is 4. The number of nitrogens with one attached hydrogen (secondary N) is 2. The van der Waals surface area contributed by atoms with Gasteiger partial charge in [-0.25, -0.2) is 9.97 Å². The Balaban J connectivity index is 1.90. The van der Waals surface area contributed by atoms with E-state index in [1.54, 1.807) is 24.3 Å². The Morgan fingerprint density at radius 2 is 1.71 bits per heavy atom. The first-order chi connectivity index (χ1) is 13.3. The molecule has 0 aliphatic carbocycles. The maximum Gasteiger partial charge on any atom is 0.417 e. The van der Waals surface area contributed by atoms with Crippen molar-refractivity contribution in [3.8, 4) is 5.75 Å². The van der Waals surface area contributed by atoms with E-state index in [2.05, 4.69) is 20.6 Å². The lowest BCUT2D eigenvalue weighted by Crippen LogP contribution is -2.08. The number of hydrogen-bond donors (Lipinski definition) is 3. The summed E-state index contributed by atoms with van der Waals surface area (Å²) in [4.78, 5) is 8.08. The molecule has 0 atom stereocenters. The third-order valence-electron chi connectivity index (χ3n) is 3.78.